The smallest absolute Gasteiger partial charge is 0.314 e. The maximum atomic E-state index is 11.4. The van der Waals surface area contributed by atoms with Crippen LogP contribution in [-0.4, -0.2) is 27.1 Å². The molecule has 1 atom stereocenters. The maximum absolute atomic E-state index is 11.4. The van der Waals surface area contributed by atoms with E-state index in [4.69, 9.17) is 5.11 Å². The maximum Gasteiger partial charge on any atom is 0.314 e. The van der Waals surface area contributed by atoms with Gasteiger partial charge in [0.1, 0.15) is 11.6 Å². The Balaban J connectivity index is 2.83. The normalized spacial score (nSPS) is 12.4. The molecule has 5 nitrogen and oxygen atoms in total. The molecule has 0 radical (unpaired) electrons. The molecule has 5 heteroatoms. The Bertz CT molecular complexity index is 305. The lowest BCUT2D eigenvalue weighted by Crippen LogP contribution is -2.23. The highest BCUT2D eigenvalue weighted by molar-refractivity contribution is 6.06. The van der Waals surface area contributed by atoms with E-state index in [9.17, 15) is 9.59 Å². The van der Waals surface area contributed by atoms with E-state index in [1.54, 1.807) is 6.92 Å². The number of nitrogens with zero attached hydrogens (tertiary/aromatic N) is 1. The number of hydrogen-bond acceptors (Lipinski definition) is 3. The molecule has 0 spiro atoms. The minimum atomic E-state index is -1.10. The quantitative estimate of drug-likeness (QED) is 0.530. The number of rotatable bonds is 4. The number of carbonyl (C=O) groups excluding carboxylic acids is 1. The van der Waals surface area contributed by atoms with E-state index in [2.05, 4.69) is 10.2 Å². The second-order valence-corrected chi connectivity index (χ2v) is 2.62. The molecule has 1 aromatic heterocycles. The fraction of sp³-hybridized carbons (Fsp3) is 0.375. The molecule has 2 N–H and O–H groups in total. The zero-order chi connectivity index (χ0) is 9.84. The first kappa shape index (κ1) is 9.44. The van der Waals surface area contributed by atoms with Crippen molar-refractivity contribution >= 4 is 11.8 Å². The number of aromatic amines is 1. The van der Waals surface area contributed by atoms with Gasteiger partial charge < -0.3 is 5.11 Å². The Kier molecular flexibility index (Phi) is 2.79. The van der Waals surface area contributed by atoms with Gasteiger partial charge in [0.15, 0.2) is 5.78 Å². The summed E-state index contributed by atoms with van der Waals surface area (Å²) in [4.78, 5) is 22.0. The second kappa shape index (κ2) is 3.84. The molecule has 0 fully saturated rings. The van der Waals surface area contributed by atoms with Gasteiger partial charge in [-0.25, -0.2) is 0 Å². The van der Waals surface area contributed by atoms with Crippen molar-refractivity contribution in [2.75, 3.05) is 0 Å². The van der Waals surface area contributed by atoms with Crippen LogP contribution in [0.15, 0.2) is 12.3 Å². The van der Waals surface area contributed by atoms with Crippen molar-refractivity contribution in [3.05, 3.63) is 18.0 Å². The van der Waals surface area contributed by atoms with E-state index in [1.165, 1.54) is 12.3 Å². The molecular weight excluding hydrogens is 172 g/mol. The number of aliphatic carboxylic acids is 1. The summed E-state index contributed by atoms with van der Waals surface area (Å²) >= 11 is 0. The Morgan fingerprint density at radius 1 is 1.69 bits per heavy atom. The summed E-state index contributed by atoms with van der Waals surface area (Å²) in [7, 11) is 0. The first-order valence-corrected chi connectivity index (χ1v) is 3.93. The lowest BCUT2D eigenvalue weighted by Gasteiger charge is -2.04. The number of hydrogen-bond donors (Lipinski definition) is 2. The summed E-state index contributed by atoms with van der Waals surface area (Å²) in [5.41, 5.74) is 0.175. The molecule has 0 saturated carbocycles. The van der Waals surface area contributed by atoms with Crippen LogP contribution in [0.3, 0.4) is 0 Å². The highest BCUT2D eigenvalue weighted by Gasteiger charge is 2.26. The molecule has 0 aromatic carbocycles. The van der Waals surface area contributed by atoms with Crippen LogP contribution in [0.4, 0.5) is 0 Å². The third-order valence-corrected chi connectivity index (χ3v) is 1.78. The second-order valence-electron chi connectivity index (χ2n) is 2.62. The van der Waals surface area contributed by atoms with Crippen LogP contribution in [0.1, 0.15) is 23.8 Å². The predicted molar refractivity (Wildman–Crippen MR) is 44.3 cm³/mol. The minimum absolute atomic E-state index is 0.175. The number of Topliss-reactive ketones (excluding diaryl/α,β-unsaturated/α-hetero) is 1. The van der Waals surface area contributed by atoms with Gasteiger partial charge >= 0.3 is 5.97 Å². The standard InChI is InChI=1S/C8H10N2O3/c1-2-5(8(12)13)7(11)6-3-4-9-10-6/h3-5H,2H2,1H3,(H,9,10)(H,12,13). The van der Waals surface area contributed by atoms with Gasteiger partial charge in [0.05, 0.1) is 0 Å². The van der Waals surface area contributed by atoms with Gasteiger partial charge in [-0.2, -0.15) is 5.10 Å². The number of nitrogens with one attached hydrogen (secondary N) is 1. The molecule has 0 bridgehead atoms. The van der Waals surface area contributed by atoms with Gasteiger partial charge in [-0.15, -0.1) is 0 Å². The molecule has 0 aliphatic heterocycles. The Morgan fingerprint density at radius 3 is 2.77 bits per heavy atom. The van der Waals surface area contributed by atoms with Crippen molar-refractivity contribution in [2.45, 2.75) is 13.3 Å². The molecule has 0 aliphatic rings. The zero-order valence-electron chi connectivity index (χ0n) is 7.15. The Hall–Kier alpha value is -1.65. The molecule has 70 valence electrons. The Labute approximate surface area is 74.8 Å². The Morgan fingerprint density at radius 2 is 2.38 bits per heavy atom. The molecule has 0 amide bonds. The van der Waals surface area contributed by atoms with Gasteiger partial charge in [-0.1, -0.05) is 6.92 Å². The molecule has 0 aliphatic carbocycles. The van der Waals surface area contributed by atoms with Crippen molar-refractivity contribution in [1.29, 1.82) is 0 Å². The summed E-state index contributed by atoms with van der Waals surface area (Å²) < 4.78 is 0. The summed E-state index contributed by atoms with van der Waals surface area (Å²) in [6, 6.07) is 1.47. The molecule has 1 aromatic rings. The summed E-state index contributed by atoms with van der Waals surface area (Å²) in [6.45, 7) is 1.66. The average molecular weight is 182 g/mol. The van der Waals surface area contributed by atoms with E-state index in [1.807, 2.05) is 0 Å². The molecule has 13 heavy (non-hydrogen) atoms. The first-order valence-electron chi connectivity index (χ1n) is 3.93. The van der Waals surface area contributed by atoms with E-state index < -0.39 is 17.7 Å². The lowest BCUT2D eigenvalue weighted by molar-refractivity contribution is -0.140. The van der Waals surface area contributed by atoms with E-state index in [0.717, 1.165) is 0 Å². The lowest BCUT2D eigenvalue weighted by atomic mass is 9.99. The minimum Gasteiger partial charge on any atom is -0.481 e. The van der Waals surface area contributed by atoms with Crippen LogP contribution < -0.4 is 0 Å². The molecule has 1 heterocycles. The largest absolute Gasteiger partial charge is 0.481 e. The van der Waals surface area contributed by atoms with Crippen molar-refractivity contribution < 1.29 is 14.7 Å². The van der Waals surface area contributed by atoms with E-state index in [-0.39, 0.29) is 12.1 Å². The van der Waals surface area contributed by atoms with Crippen molar-refractivity contribution in [3.63, 3.8) is 0 Å². The topological polar surface area (TPSA) is 83.0 Å². The highest BCUT2D eigenvalue weighted by atomic mass is 16.4. The summed E-state index contributed by atoms with van der Waals surface area (Å²) in [5.74, 6) is -2.53. The monoisotopic (exact) mass is 182 g/mol. The molecule has 0 saturated heterocycles. The molecular formula is C8H10N2O3. The van der Waals surface area contributed by atoms with Gasteiger partial charge in [0.25, 0.3) is 0 Å². The SMILES string of the molecule is CCC(C(=O)O)C(=O)c1cc[nH]n1. The number of H-pyrrole nitrogens is 1. The van der Waals surface area contributed by atoms with Gasteiger partial charge in [0.2, 0.25) is 0 Å². The molecule has 1 rings (SSSR count). The van der Waals surface area contributed by atoms with Crippen molar-refractivity contribution in [1.82, 2.24) is 10.2 Å². The van der Waals surface area contributed by atoms with E-state index in [0.29, 0.717) is 0 Å². The van der Waals surface area contributed by atoms with Crippen LogP contribution in [0.2, 0.25) is 0 Å². The number of carbonyl (C=O) groups is 2. The van der Waals surface area contributed by atoms with E-state index >= 15 is 0 Å². The fourth-order valence-corrected chi connectivity index (χ4v) is 1.05. The zero-order valence-corrected chi connectivity index (χ0v) is 7.15. The number of ketones is 1. The predicted octanol–water partition coefficient (Wildman–Crippen LogP) is 0.703. The van der Waals surface area contributed by atoms with Crippen LogP contribution in [0.5, 0.6) is 0 Å². The first-order chi connectivity index (χ1) is 6.16. The number of carboxylic acid groups (broad SMARTS) is 1. The third kappa shape index (κ3) is 1.93. The van der Waals surface area contributed by atoms with Crippen LogP contribution in [0, 0.1) is 5.92 Å². The van der Waals surface area contributed by atoms with Crippen LogP contribution >= 0.6 is 0 Å². The fourth-order valence-electron chi connectivity index (χ4n) is 1.05. The highest BCUT2D eigenvalue weighted by Crippen LogP contribution is 2.10. The van der Waals surface area contributed by atoms with Crippen LogP contribution in [-0.2, 0) is 4.79 Å². The average Bonchev–Trinajstić information content (AvgIpc) is 2.56. The molecule has 1 unspecified atom stereocenters. The van der Waals surface area contributed by atoms with Crippen molar-refractivity contribution in [3.8, 4) is 0 Å². The number of aromatic nitrogens is 2. The van der Waals surface area contributed by atoms with Crippen LogP contribution in [0.25, 0.3) is 0 Å². The van der Waals surface area contributed by atoms with Crippen molar-refractivity contribution in [2.24, 2.45) is 5.92 Å². The van der Waals surface area contributed by atoms with Gasteiger partial charge in [-0.05, 0) is 12.5 Å². The van der Waals surface area contributed by atoms with Gasteiger partial charge in [0, 0.05) is 6.20 Å². The summed E-state index contributed by atoms with van der Waals surface area (Å²) in [5, 5.41) is 14.8. The third-order valence-electron chi connectivity index (χ3n) is 1.78. The number of carboxylic acids is 1. The summed E-state index contributed by atoms with van der Waals surface area (Å²) in [6.07, 6.45) is 1.77. The van der Waals surface area contributed by atoms with Gasteiger partial charge in [-0.3, -0.25) is 14.7 Å².